The van der Waals surface area contributed by atoms with E-state index in [9.17, 15) is 0 Å². The van der Waals surface area contributed by atoms with Crippen molar-refractivity contribution in [2.24, 2.45) is 0 Å². The second-order valence-corrected chi connectivity index (χ2v) is 5.52. The van der Waals surface area contributed by atoms with Crippen LogP contribution in [0.4, 0.5) is 0 Å². The van der Waals surface area contributed by atoms with Gasteiger partial charge in [0.1, 0.15) is 5.82 Å². The molecular formula is C15H12ClN3S. The van der Waals surface area contributed by atoms with Gasteiger partial charge in [0.25, 0.3) is 0 Å². The van der Waals surface area contributed by atoms with E-state index in [0.29, 0.717) is 5.02 Å². The maximum Gasteiger partial charge on any atom is 0.139 e. The number of imidazole rings is 1. The van der Waals surface area contributed by atoms with Crippen LogP contribution in [0.5, 0.6) is 0 Å². The van der Waals surface area contributed by atoms with Gasteiger partial charge in [0.05, 0.1) is 16.9 Å². The molecule has 0 atom stereocenters. The summed E-state index contributed by atoms with van der Waals surface area (Å²) in [4.78, 5) is 13.0. The van der Waals surface area contributed by atoms with Crippen molar-refractivity contribution in [3.05, 3.63) is 53.9 Å². The van der Waals surface area contributed by atoms with Crippen LogP contribution in [0.3, 0.4) is 0 Å². The Morgan fingerprint density at radius 1 is 1.20 bits per heavy atom. The Labute approximate surface area is 126 Å². The molecule has 5 heteroatoms. The van der Waals surface area contributed by atoms with E-state index >= 15 is 0 Å². The molecular weight excluding hydrogens is 290 g/mol. The third kappa shape index (κ3) is 2.57. The largest absolute Gasteiger partial charge is 0.338 e. The van der Waals surface area contributed by atoms with Crippen molar-refractivity contribution in [1.29, 1.82) is 0 Å². The van der Waals surface area contributed by atoms with Crippen LogP contribution in [0.2, 0.25) is 5.02 Å². The van der Waals surface area contributed by atoms with E-state index in [-0.39, 0.29) is 0 Å². The van der Waals surface area contributed by atoms with E-state index in [4.69, 9.17) is 11.6 Å². The molecule has 3 aromatic rings. The number of thioether (sulfide) groups is 1. The van der Waals surface area contributed by atoms with E-state index < -0.39 is 0 Å². The minimum atomic E-state index is 0.690. The quantitative estimate of drug-likeness (QED) is 0.723. The maximum atomic E-state index is 6.26. The third-order valence-electron chi connectivity index (χ3n) is 2.98. The fourth-order valence-electron chi connectivity index (χ4n) is 1.94. The zero-order valence-electron chi connectivity index (χ0n) is 10.8. The highest BCUT2D eigenvalue weighted by Crippen LogP contribution is 2.31. The van der Waals surface area contributed by atoms with Crippen molar-refractivity contribution in [3.63, 3.8) is 0 Å². The summed E-state index contributed by atoms with van der Waals surface area (Å²) in [6.45, 7) is 0. The van der Waals surface area contributed by atoms with Gasteiger partial charge in [-0.15, -0.1) is 11.8 Å². The normalized spacial score (nSPS) is 10.7. The summed E-state index contributed by atoms with van der Waals surface area (Å²) in [6.07, 6.45) is 7.39. The number of hydrogen-bond donors (Lipinski definition) is 1. The summed E-state index contributed by atoms with van der Waals surface area (Å²) in [6, 6.07) is 9.83. The first-order valence-corrected chi connectivity index (χ1v) is 7.67. The van der Waals surface area contributed by atoms with Crippen molar-refractivity contribution < 1.29 is 0 Å². The SMILES string of the molecule is CSc1ccc(Cl)c(-c2ncc(-c3cccnc3)[nH]2)c1. The van der Waals surface area contributed by atoms with Crippen LogP contribution in [-0.4, -0.2) is 21.2 Å². The fraction of sp³-hybridized carbons (Fsp3) is 0.0667. The predicted octanol–water partition coefficient (Wildman–Crippen LogP) is 4.51. The standard InChI is InChI=1S/C15H12ClN3S/c1-20-11-4-5-13(16)12(7-11)15-18-9-14(19-15)10-3-2-6-17-8-10/h2-9H,1H3,(H,18,19). The average Bonchev–Trinajstić information content (AvgIpc) is 2.98. The third-order valence-corrected chi connectivity index (χ3v) is 4.03. The highest BCUT2D eigenvalue weighted by Gasteiger charge is 2.09. The maximum absolute atomic E-state index is 6.26. The Balaban J connectivity index is 2.02. The predicted molar refractivity (Wildman–Crippen MR) is 84.0 cm³/mol. The summed E-state index contributed by atoms with van der Waals surface area (Å²) >= 11 is 7.94. The molecule has 0 bridgehead atoms. The van der Waals surface area contributed by atoms with Gasteiger partial charge in [-0.05, 0) is 36.6 Å². The molecule has 3 nitrogen and oxygen atoms in total. The molecule has 0 radical (unpaired) electrons. The Hall–Kier alpha value is -1.78. The molecule has 1 aromatic carbocycles. The molecule has 0 aliphatic carbocycles. The lowest BCUT2D eigenvalue weighted by molar-refractivity contribution is 1.28. The van der Waals surface area contributed by atoms with Gasteiger partial charge >= 0.3 is 0 Å². The monoisotopic (exact) mass is 301 g/mol. The number of nitrogens with zero attached hydrogens (tertiary/aromatic N) is 2. The first-order chi connectivity index (χ1) is 9.78. The Kier molecular flexibility index (Phi) is 3.76. The number of aromatic nitrogens is 3. The number of hydrogen-bond acceptors (Lipinski definition) is 3. The topological polar surface area (TPSA) is 41.6 Å². The number of H-pyrrole nitrogens is 1. The second kappa shape index (κ2) is 5.69. The molecule has 100 valence electrons. The lowest BCUT2D eigenvalue weighted by Crippen LogP contribution is -1.84. The van der Waals surface area contributed by atoms with Crippen LogP contribution >= 0.6 is 23.4 Å². The van der Waals surface area contributed by atoms with Crippen molar-refractivity contribution in [2.75, 3.05) is 6.26 Å². The molecule has 0 spiro atoms. The summed E-state index contributed by atoms with van der Waals surface area (Å²) in [5, 5.41) is 0.690. The number of rotatable bonds is 3. The molecule has 20 heavy (non-hydrogen) atoms. The van der Waals surface area contributed by atoms with Gasteiger partial charge in [0, 0.05) is 28.4 Å². The number of benzene rings is 1. The minimum Gasteiger partial charge on any atom is -0.338 e. The Morgan fingerprint density at radius 2 is 2.10 bits per heavy atom. The zero-order valence-corrected chi connectivity index (χ0v) is 12.4. The molecule has 2 heterocycles. The van der Waals surface area contributed by atoms with Crippen LogP contribution in [0, 0.1) is 0 Å². The molecule has 0 fully saturated rings. The van der Waals surface area contributed by atoms with Crippen LogP contribution < -0.4 is 0 Å². The van der Waals surface area contributed by atoms with Gasteiger partial charge in [-0.25, -0.2) is 4.98 Å². The highest BCUT2D eigenvalue weighted by molar-refractivity contribution is 7.98. The van der Waals surface area contributed by atoms with Gasteiger partial charge < -0.3 is 4.98 Å². The van der Waals surface area contributed by atoms with E-state index in [1.165, 1.54) is 0 Å². The van der Waals surface area contributed by atoms with Crippen LogP contribution in [-0.2, 0) is 0 Å². The summed E-state index contributed by atoms with van der Waals surface area (Å²) in [7, 11) is 0. The van der Waals surface area contributed by atoms with Crippen molar-refractivity contribution in [2.45, 2.75) is 4.90 Å². The minimum absolute atomic E-state index is 0.690. The molecule has 0 saturated heterocycles. The van der Waals surface area contributed by atoms with Crippen LogP contribution in [0.15, 0.2) is 53.8 Å². The zero-order chi connectivity index (χ0) is 13.9. The number of pyridine rings is 1. The second-order valence-electron chi connectivity index (χ2n) is 4.23. The summed E-state index contributed by atoms with van der Waals surface area (Å²) in [5.74, 6) is 0.768. The summed E-state index contributed by atoms with van der Waals surface area (Å²) < 4.78 is 0. The van der Waals surface area contributed by atoms with E-state index in [1.54, 1.807) is 30.4 Å². The van der Waals surface area contributed by atoms with Crippen LogP contribution in [0.25, 0.3) is 22.6 Å². The molecule has 0 unspecified atom stereocenters. The Morgan fingerprint density at radius 3 is 2.85 bits per heavy atom. The highest BCUT2D eigenvalue weighted by atomic mass is 35.5. The lowest BCUT2D eigenvalue weighted by Gasteiger charge is -2.03. The van der Waals surface area contributed by atoms with Gasteiger partial charge in [-0.1, -0.05) is 11.6 Å². The molecule has 2 aromatic heterocycles. The molecule has 3 rings (SSSR count). The first kappa shape index (κ1) is 13.2. The van der Waals surface area contributed by atoms with Gasteiger partial charge in [-0.3, -0.25) is 4.98 Å². The fourth-order valence-corrected chi connectivity index (χ4v) is 2.59. The smallest absolute Gasteiger partial charge is 0.139 e. The summed E-state index contributed by atoms with van der Waals surface area (Å²) in [5.41, 5.74) is 2.84. The van der Waals surface area contributed by atoms with E-state index in [2.05, 4.69) is 15.0 Å². The van der Waals surface area contributed by atoms with Gasteiger partial charge in [-0.2, -0.15) is 0 Å². The molecule has 0 saturated carbocycles. The average molecular weight is 302 g/mol. The molecule has 1 N–H and O–H groups in total. The lowest BCUT2D eigenvalue weighted by atomic mass is 10.2. The molecule has 0 amide bonds. The van der Waals surface area contributed by atoms with Crippen molar-refractivity contribution in [3.8, 4) is 22.6 Å². The number of aromatic amines is 1. The number of halogens is 1. The number of nitrogens with one attached hydrogen (secondary N) is 1. The van der Waals surface area contributed by atoms with Crippen molar-refractivity contribution in [1.82, 2.24) is 15.0 Å². The van der Waals surface area contributed by atoms with Crippen molar-refractivity contribution >= 4 is 23.4 Å². The first-order valence-electron chi connectivity index (χ1n) is 6.07. The van der Waals surface area contributed by atoms with E-state index in [0.717, 1.165) is 27.5 Å². The Bertz CT molecular complexity index is 725. The van der Waals surface area contributed by atoms with Crippen LogP contribution in [0.1, 0.15) is 0 Å². The molecule has 0 aliphatic heterocycles. The molecule has 0 aliphatic rings. The van der Waals surface area contributed by atoms with Gasteiger partial charge in [0.15, 0.2) is 0 Å². The van der Waals surface area contributed by atoms with E-state index in [1.807, 2.05) is 36.6 Å². The van der Waals surface area contributed by atoms with Gasteiger partial charge in [0.2, 0.25) is 0 Å².